The van der Waals surface area contributed by atoms with Crippen LogP contribution in [0.2, 0.25) is 0 Å². The van der Waals surface area contributed by atoms with Gasteiger partial charge in [-0.25, -0.2) is 4.79 Å². The number of esters is 1. The first kappa shape index (κ1) is 15.4. The van der Waals surface area contributed by atoms with Gasteiger partial charge in [0.25, 0.3) is 0 Å². The molecule has 102 valence electrons. The Morgan fingerprint density at radius 1 is 1.39 bits per heavy atom. The Labute approximate surface area is 117 Å². The number of nitrogens with one attached hydrogen (secondary N) is 1. The molecular formula is C12H19NO3S2. The molecule has 1 rings (SSSR count). The lowest BCUT2D eigenvalue weighted by Gasteiger charge is -2.11. The molecule has 1 amide bonds. The lowest BCUT2D eigenvalue weighted by Crippen LogP contribution is -2.35. The molecule has 0 bridgehead atoms. The van der Waals surface area contributed by atoms with Crippen LogP contribution in [0.4, 0.5) is 0 Å². The van der Waals surface area contributed by atoms with E-state index in [1.165, 1.54) is 0 Å². The fraction of sp³-hybridized carbons (Fsp3) is 0.750. The first-order valence-electron chi connectivity index (χ1n) is 6.28. The van der Waals surface area contributed by atoms with Gasteiger partial charge < -0.3 is 10.1 Å². The van der Waals surface area contributed by atoms with E-state index in [1.807, 2.05) is 6.92 Å². The molecule has 0 radical (unpaired) electrons. The maximum atomic E-state index is 11.4. The number of ether oxygens (including phenoxy) is 1. The minimum absolute atomic E-state index is 0.0695. The molecule has 0 aromatic rings. The highest BCUT2D eigenvalue weighted by molar-refractivity contribution is 8.23. The summed E-state index contributed by atoms with van der Waals surface area (Å²) in [7, 11) is 0. The molecule has 0 spiro atoms. The van der Waals surface area contributed by atoms with E-state index in [2.05, 4.69) is 5.32 Å². The Morgan fingerprint density at radius 3 is 2.67 bits per heavy atom. The fourth-order valence-electron chi connectivity index (χ4n) is 1.79. The molecular weight excluding hydrogens is 270 g/mol. The van der Waals surface area contributed by atoms with Crippen LogP contribution in [0.1, 0.15) is 39.0 Å². The first-order valence-corrected chi connectivity index (χ1v) is 7.67. The molecule has 1 saturated carbocycles. The molecule has 0 saturated heterocycles. The van der Waals surface area contributed by atoms with Crippen LogP contribution < -0.4 is 5.32 Å². The maximum absolute atomic E-state index is 11.4. The van der Waals surface area contributed by atoms with Gasteiger partial charge in [-0.1, -0.05) is 19.1 Å². The normalized spacial score (nSPS) is 15.4. The van der Waals surface area contributed by atoms with Gasteiger partial charge in [-0.15, -0.1) is 11.8 Å². The number of rotatable bonds is 5. The predicted molar refractivity (Wildman–Crippen MR) is 76.7 cm³/mol. The highest BCUT2D eigenvalue weighted by Gasteiger charge is 2.23. The van der Waals surface area contributed by atoms with Crippen molar-refractivity contribution in [3.8, 4) is 0 Å². The summed E-state index contributed by atoms with van der Waals surface area (Å²) in [6, 6.07) is 0. The van der Waals surface area contributed by atoms with Crippen molar-refractivity contribution in [1.82, 2.24) is 5.32 Å². The standard InChI is InChI=1S/C12H19NO3S2/c1-2-18-10(17)7-8-13-11(14)12(15)16-9-5-3-4-6-9/h9H,2-8H2,1H3,(H,13,14). The van der Waals surface area contributed by atoms with Crippen molar-refractivity contribution in [2.45, 2.75) is 45.1 Å². The van der Waals surface area contributed by atoms with Gasteiger partial charge in [-0.05, 0) is 31.4 Å². The average Bonchev–Trinajstić information content (AvgIpc) is 2.82. The number of carbonyl (C=O) groups excluding carboxylic acids is 2. The van der Waals surface area contributed by atoms with Crippen molar-refractivity contribution in [3.05, 3.63) is 0 Å². The summed E-state index contributed by atoms with van der Waals surface area (Å²) in [4.78, 5) is 22.9. The Kier molecular flexibility index (Phi) is 7.27. The lowest BCUT2D eigenvalue weighted by atomic mass is 10.3. The van der Waals surface area contributed by atoms with E-state index in [4.69, 9.17) is 17.0 Å². The van der Waals surface area contributed by atoms with Crippen LogP contribution in [0.5, 0.6) is 0 Å². The van der Waals surface area contributed by atoms with Crippen molar-refractivity contribution < 1.29 is 14.3 Å². The third-order valence-electron chi connectivity index (χ3n) is 2.68. The van der Waals surface area contributed by atoms with E-state index in [0.717, 1.165) is 35.6 Å². The predicted octanol–water partition coefficient (Wildman–Crippen LogP) is 2.06. The Bertz CT molecular complexity index is 314. The van der Waals surface area contributed by atoms with E-state index in [1.54, 1.807) is 11.8 Å². The quantitative estimate of drug-likeness (QED) is 0.477. The molecule has 0 aliphatic heterocycles. The van der Waals surface area contributed by atoms with Crippen LogP contribution in [0, 0.1) is 0 Å². The summed E-state index contributed by atoms with van der Waals surface area (Å²) in [5.41, 5.74) is 0. The van der Waals surface area contributed by atoms with E-state index in [0.29, 0.717) is 13.0 Å². The van der Waals surface area contributed by atoms with Crippen molar-refractivity contribution in [2.75, 3.05) is 12.3 Å². The zero-order valence-electron chi connectivity index (χ0n) is 10.6. The van der Waals surface area contributed by atoms with Gasteiger partial charge in [-0.3, -0.25) is 4.79 Å². The average molecular weight is 289 g/mol. The minimum atomic E-state index is -0.768. The van der Waals surface area contributed by atoms with Crippen LogP contribution in [0.25, 0.3) is 0 Å². The number of hydrogen-bond acceptors (Lipinski definition) is 5. The summed E-state index contributed by atoms with van der Waals surface area (Å²) in [5.74, 6) is -0.501. The Morgan fingerprint density at radius 2 is 2.06 bits per heavy atom. The summed E-state index contributed by atoms with van der Waals surface area (Å²) >= 11 is 6.66. The van der Waals surface area contributed by atoms with E-state index < -0.39 is 11.9 Å². The summed E-state index contributed by atoms with van der Waals surface area (Å²) in [6.07, 6.45) is 4.42. The van der Waals surface area contributed by atoms with Gasteiger partial charge >= 0.3 is 11.9 Å². The zero-order valence-corrected chi connectivity index (χ0v) is 12.2. The van der Waals surface area contributed by atoms with Crippen LogP contribution >= 0.6 is 24.0 Å². The number of hydrogen-bond donors (Lipinski definition) is 1. The Balaban J connectivity index is 2.15. The van der Waals surface area contributed by atoms with Gasteiger partial charge in [0, 0.05) is 17.2 Å². The van der Waals surface area contributed by atoms with Crippen LogP contribution in [0.15, 0.2) is 0 Å². The molecule has 0 heterocycles. The van der Waals surface area contributed by atoms with Gasteiger partial charge in [0.1, 0.15) is 6.10 Å². The molecule has 6 heteroatoms. The molecule has 0 aromatic carbocycles. The molecule has 1 aliphatic rings. The molecule has 1 aliphatic carbocycles. The second-order valence-corrected chi connectivity index (χ2v) is 6.23. The number of carbonyl (C=O) groups is 2. The lowest BCUT2D eigenvalue weighted by molar-refractivity contribution is -0.158. The van der Waals surface area contributed by atoms with Gasteiger partial charge in [0.2, 0.25) is 0 Å². The van der Waals surface area contributed by atoms with Gasteiger partial charge in [0.15, 0.2) is 0 Å². The van der Waals surface area contributed by atoms with Crippen molar-refractivity contribution in [3.63, 3.8) is 0 Å². The fourth-order valence-corrected chi connectivity index (χ4v) is 2.82. The topological polar surface area (TPSA) is 55.4 Å². The SMILES string of the molecule is CCSC(=S)CCNC(=O)C(=O)OC1CCCC1. The van der Waals surface area contributed by atoms with E-state index in [-0.39, 0.29) is 6.10 Å². The number of amides is 1. The molecule has 0 aromatic heterocycles. The third kappa shape index (κ3) is 5.82. The van der Waals surface area contributed by atoms with Gasteiger partial charge in [-0.2, -0.15) is 0 Å². The van der Waals surface area contributed by atoms with E-state index >= 15 is 0 Å². The molecule has 0 unspecified atom stereocenters. The van der Waals surface area contributed by atoms with Crippen LogP contribution in [-0.4, -0.2) is 34.5 Å². The summed E-state index contributed by atoms with van der Waals surface area (Å²) in [5, 5.41) is 2.53. The second-order valence-electron chi connectivity index (χ2n) is 4.12. The highest BCUT2D eigenvalue weighted by Crippen LogP contribution is 2.20. The minimum Gasteiger partial charge on any atom is -0.455 e. The third-order valence-corrected chi connectivity index (χ3v) is 4.05. The molecule has 1 N–H and O–H groups in total. The van der Waals surface area contributed by atoms with Gasteiger partial charge in [0.05, 0.1) is 0 Å². The van der Waals surface area contributed by atoms with E-state index in [9.17, 15) is 9.59 Å². The zero-order chi connectivity index (χ0) is 13.4. The molecule has 0 atom stereocenters. The summed E-state index contributed by atoms with van der Waals surface area (Å²) < 4.78 is 5.94. The number of thiocarbonyl (C=S) groups is 1. The van der Waals surface area contributed by atoms with Crippen molar-refractivity contribution in [2.24, 2.45) is 0 Å². The highest BCUT2D eigenvalue weighted by atomic mass is 32.2. The second kappa shape index (κ2) is 8.48. The maximum Gasteiger partial charge on any atom is 0.397 e. The summed E-state index contributed by atoms with van der Waals surface area (Å²) in [6.45, 7) is 2.42. The molecule has 18 heavy (non-hydrogen) atoms. The largest absolute Gasteiger partial charge is 0.455 e. The monoisotopic (exact) mass is 289 g/mol. The van der Waals surface area contributed by atoms with Crippen molar-refractivity contribution in [1.29, 1.82) is 0 Å². The van der Waals surface area contributed by atoms with Crippen molar-refractivity contribution >= 4 is 40.1 Å². The van der Waals surface area contributed by atoms with Crippen LogP contribution in [0.3, 0.4) is 0 Å². The molecule has 1 fully saturated rings. The smallest absolute Gasteiger partial charge is 0.397 e. The Hall–Kier alpha value is -0.620. The first-order chi connectivity index (χ1) is 8.63. The number of thioether (sulfide) groups is 1. The molecule has 4 nitrogen and oxygen atoms in total. The van der Waals surface area contributed by atoms with Crippen LogP contribution in [-0.2, 0) is 14.3 Å².